The molecule has 0 fully saturated rings. The number of thiophene rings is 1. The Bertz CT molecular complexity index is 716. The number of hydrogen-bond donors (Lipinski definition) is 2. The number of amides is 1. The summed E-state index contributed by atoms with van der Waals surface area (Å²) < 4.78 is 13.0. The molecule has 4 nitrogen and oxygen atoms in total. The van der Waals surface area contributed by atoms with E-state index >= 15 is 0 Å². The molecule has 1 amide bonds. The summed E-state index contributed by atoms with van der Waals surface area (Å²) >= 11 is 7.26. The number of aryl methyl sites for hydroxylation is 1. The van der Waals surface area contributed by atoms with E-state index in [4.69, 9.17) is 11.6 Å². The van der Waals surface area contributed by atoms with Crippen LogP contribution < -0.4 is 5.32 Å². The number of nitrogens with one attached hydrogen (secondary N) is 1. The number of carbonyl (C=O) groups excluding carboxylic acids is 1. The summed E-state index contributed by atoms with van der Waals surface area (Å²) in [6.07, 6.45) is 0.614. The number of halogens is 2. The van der Waals surface area contributed by atoms with Crippen LogP contribution in [0.2, 0.25) is 5.02 Å². The molecular formula is C16H15ClFNO3S. The smallest absolute Gasteiger partial charge is 0.333 e. The Balaban J connectivity index is 2.07. The maximum Gasteiger partial charge on any atom is 0.333 e. The van der Waals surface area contributed by atoms with Crippen LogP contribution in [0.25, 0.3) is 0 Å². The molecule has 1 atom stereocenters. The molecule has 1 heterocycles. The summed E-state index contributed by atoms with van der Waals surface area (Å²) in [4.78, 5) is 24.7. The largest absolute Gasteiger partial charge is 0.479 e. The van der Waals surface area contributed by atoms with Crippen molar-refractivity contribution < 1.29 is 19.1 Å². The lowest BCUT2D eigenvalue weighted by molar-refractivity contribution is -0.147. The second-order valence-corrected chi connectivity index (χ2v) is 6.65. The highest BCUT2D eigenvalue weighted by Crippen LogP contribution is 2.23. The van der Waals surface area contributed by atoms with Gasteiger partial charge in [0.1, 0.15) is 5.82 Å². The van der Waals surface area contributed by atoms with Crippen LogP contribution >= 0.6 is 22.9 Å². The summed E-state index contributed by atoms with van der Waals surface area (Å²) in [6, 6.07) is 6.80. The zero-order valence-electron chi connectivity index (χ0n) is 12.3. The van der Waals surface area contributed by atoms with E-state index in [0.717, 1.165) is 17.0 Å². The van der Waals surface area contributed by atoms with E-state index in [9.17, 15) is 19.1 Å². The summed E-state index contributed by atoms with van der Waals surface area (Å²) in [5.41, 5.74) is -1.31. The van der Waals surface area contributed by atoms with Crippen molar-refractivity contribution in [2.24, 2.45) is 0 Å². The van der Waals surface area contributed by atoms with Crippen molar-refractivity contribution in [2.45, 2.75) is 25.3 Å². The van der Waals surface area contributed by atoms with Gasteiger partial charge in [-0.1, -0.05) is 23.7 Å². The SMILES string of the molecule is CC(NC(=O)CCc1cc(Cl)cs1)(C(=O)O)c1ccc(F)cc1. The first-order valence-electron chi connectivity index (χ1n) is 6.84. The Hall–Kier alpha value is -1.92. The molecule has 23 heavy (non-hydrogen) atoms. The highest BCUT2D eigenvalue weighted by molar-refractivity contribution is 7.10. The number of hydrogen-bond acceptors (Lipinski definition) is 3. The molecule has 2 N–H and O–H groups in total. The molecule has 1 aromatic carbocycles. The predicted octanol–water partition coefficient (Wildman–Crippen LogP) is 3.59. The molecule has 0 saturated heterocycles. The summed E-state index contributed by atoms with van der Waals surface area (Å²) in [5, 5.41) is 14.4. The van der Waals surface area contributed by atoms with Gasteiger partial charge >= 0.3 is 5.97 Å². The highest BCUT2D eigenvalue weighted by atomic mass is 35.5. The van der Waals surface area contributed by atoms with E-state index < -0.39 is 23.2 Å². The molecule has 0 aliphatic heterocycles. The van der Waals surface area contributed by atoms with E-state index in [2.05, 4.69) is 5.32 Å². The molecule has 0 aliphatic carbocycles. The van der Waals surface area contributed by atoms with Gasteiger partial charge in [-0.25, -0.2) is 9.18 Å². The Morgan fingerprint density at radius 1 is 1.35 bits per heavy atom. The van der Waals surface area contributed by atoms with E-state index in [0.29, 0.717) is 17.0 Å². The topological polar surface area (TPSA) is 66.4 Å². The van der Waals surface area contributed by atoms with Crippen molar-refractivity contribution in [3.05, 3.63) is 57.0 Å². The summed E-state index contributed by atoms with van der Waals surface area (Å²) in [6.45, 7) is 1.38. The van der Waals surface area contributed by atoms with Crippen molar-refractivity contribution in [3.63, 3.8) is 0 Å². The third-order valence-electron chi connectivity index (χ3n) is 3.46. The van der Waals surface area contributed by atoms with E-state index in [-0.39, 0.29) is 6.42 Å². The molecule has 1 aromatic heterocycles. The minimum Gasteiger partial charge on any atom is -0.479 e. The molecule has 1 unspecified atom stereocenters. The van der Waals surface area contributed by atoms with Crippen LogP contribution in [-0.4, -0.2) is 17.0 Å². The third-order valence-corrected chi connectivity index (χ3v) is 4.80. The fourth-order valence-electron chi connectivity index (χ4n) is 2.10. The van der Waals surface area contributed by atoms with Crippen molar-refractivity contribution in [3.8, 4) is 0 Å². The van der Waals surface area contributed by atoms with Crippen LogP contribution in [0.4, 0.5) is 4.39 Å². The first kappa shape index (κ1) is 17.4. The van der Waals surface area contributed by atoms with Crippen LogP contribution in [0, 0.1) is 5.82 Å². The number of carbonyl (C=O) groups is 2. The lowest BCUT2D eigenvalue weighted by Crippen LogP contribution is -2.49. The monoisotopic (exact) mass is 355 g/mol. The fourth-order valence-corrected chi connectivity index (χ4v) is 3.17. The lowest BCUT2D eigenvalue weighted by Gasteiger charge is -2.26. The Morgan fingerprint density at radius 2 is 2.00 bits per heavy atom. The molecule has 122 valence electrons. The molecule has 7 heteroatoms. The second kappa shape index (κ2) is 7.10. The van der Waals surface area contributed by atoms with Crippen molar-refractivity contribution >= 4 is 34.8 Å². The van der Waals surface area contributed by atoms with Crippen LogP contribution in [0.5, 0.6) is 0 Å². The maximum atomic E-state index is 13.0. The van der Waals surface area contributed by atoms with Crippen LogP contribution in [0.1, 0.15) is 23.8 Å². The highest BCUT2D eigenvalue weighted by Gasteiger charge is 2.36. The van der Waals surface area contributed by atoms with Gasteiger partial charge in [0.2, 0.25) is 5.91 Å². The summed E-state index contributed by atoms with van der Waals surface area (Å²) in [5.74, 6) is -2.08. The Morgan fingerprint density at radius 3 is 2.52 bits per heavy atom. The van der Waals surface area contributed by atoms with Gasteiger partial charge in [-0.2, -0.15) is 0 Å². The third kappa shape index (κ3) is 4.30. The Kier molecular flexibility index (Phi) is 5.38. The van der Waals surface area contributed by atoms with E-state index in [1.54, 1.807) is 11.4 Å². The standard InChI is InChI=1S/C16H15ClFNO3S/c1-16(15(21)22,10-2-4-12(18)5-3-10)19-14(20)7-6-13-8-11(17)9-23-13/h2-5,8-9H,6-7H2,1H3,(H,19,20)(H,21,22). The average Bonchev–Trinajstić information content (AvgIpc) is 2.91. The molecule has 0 bridgehead atoms. The van der Waals surface area contributed by atoms with E-state index in [1.165, 1.54) is 30.4 Å². The Labute approximate surface area is 141 Å². The van der Waals surface area contributed by atoms with Gasteiger partial charge in [0.25, 0.3) is 0 Å². The van der Waals surface area contributed by atoms with Crippen LogP contribution in [0.3, 0.4) is 0 Å². The predicted molar refractivity (Wildman–Crippen MR) is 87.2 cm³/mol. The maximum absolute atomic E-state index is 13.0. The van der Waals surface area contributed by atoms with Gasteiger partial charge in [-0.15, -0.1) is 11.3 Å². The molecule has 0 radical (unpaired) electrons. The van der Waals surface area contributed by atoms with Gasteiger partial charge in [0.05, 0.1) is 5.02 Å². The normalized spacial score (nSPS) is 13.3. The lowest BCUT2D eigenvalue weighted by atomic mass is 9.91. The van der Waals surface area contributed by atoms with E-state index in [1.807, 2.05) is 0 Å². The summed E-state index contributed by atoms with van der Waals surface area (Å²) in [7, 11) is 0. The van der Waals surface area contributed by atoms with Crippen LogP contribution in [-0.2, 0) is 21.5 Å². The number of benzene rings is 1. The molecule has 2 aromatic rings. The molecule has 2 rings (SSSR count). The minimum absolute atomic E-state index is 0.140. The fraction of sp³-hybridized carbons (Fsp3) is 0.250. The average molecular weight is 356 g/mol. The van der Waals surface area contributed by atoms with Gasteiger partial charge in [0, 0.05) is 16.7 Å². The van der Waals surface area contributed by atoms with Crippen molar-refractivity contribution in [2.75, 3.05) is 0 Å². The zero-order valence-corrected chi connectivity index (χ0v) is 13.9. The molecule has 0 saturated carbocycles. The molecule has 0 aliphatic rings. The quantitative estimate of drug-likeness (QED) is 0.832. The number of carboxylic acids is 1. The van der Waals surface area contributed by atoms with Gasteiger partial charge < -0.3 is 10.4 Å². The first-order valence-corrected chi connectivity index (χ1v) is 8.10. The number of carboxylic acid groups (broad SMARTS) is 1. The van der Waals surface area contributed by atoms with Gasteiger partial charge in [-0.3, -0.25) is 4.79 Å². The first-order chi connectivity index (χ1) is 10.8. The van der Waals surface area contributed by atoms with Gasteiger partial charge in [-0.05, 0) is 37.1 Å². The van der Waals surface area contributed by atoms with Gasteiger partial charge in [0.15, 0.2) is 5.54 Å². The molecule has 0 spiro atoms. The van der Waals surface area contributed by atoms with Crippen molar-refractivity contribution in [1.82, 2.24) is 5.32 Å². The molecular weight excluding hydrogens is 341 g/mol. The minimum atomic E-state index is -1.61. The zero-order chi connectivity index (χ0) is 17.0. The second-order valence-electron chi connectivity index (χ2n) is 5.22. The number of rotatable bonds is 6. The van der Waals surface area contributed by atoms with Crippen molar-refractivity contribution in [1.29, 1.82) is 0 Å². The van der Waals surface area contributed by atoms with Crippen LogP contribution in [0.15, 0.2) is 35.7 Å². The number of aliphatic carboxylic acids is 1.